The van der Waals surface area contributed by atoms with E-state index in [1.54, 1.807) is 6.20 Å². The molecule has 108 valence electrons. The molecule has 1 unspecified atom stereocenters. The number of hydrogen-bond acceptors (Lipinski definition) is 4. The van der Waals surface area contributed by atoms with Gasteiger partial charge in [0.1, 0.15) is 5.82 Å². The summed E-state index contributed by atoms with van der Waals surface area (Å²) < 4.78 is 0. The summed E-state index contributed by atoms with van der Waals surface area (Å²) in [4.78, 5) is 6.76. The lowest BCUT2D eigenvalue weighted by molar-refractivity contribution is 0.295. The van der Waals surface area contributed by atoms with Gasteiger partial charge >= 0.3 is 0 Å². The monoisotopic (exact) mass is 264 g/mol. The highest BCUT2D eigenvalue weighted by atomic mass is 15.1. The minimum absolute atomic E-state index is 0.436. The minimum Gasteiger partial charge on any atom is -0.397 e. The minimum atomic E-state index is 0.436. The smallest absolute Gasteiger partial charge is 0.126 e. The largest absolute Gasteiger partial charge is 0.397 e. The van der Waals surface area contributed by atoms with Crippen molar-refractivity contribution >= 4 is 11.5 Å². The molecule has 1 atom stereocenters. The van der Waals surface area contributed by atoms with Gasteiger partial charge in [-0.25, -0.2) is 4.98 Å². The SMILES string of the molecule is CCN(CC)CCCC(C)Nc1cc(C)c(N)cn1. The van der Waals surface area contributed by atoms with Gasteiger partial charge < -0.3 is 16.0 Å². The van der Waals surface area contributed by atoms with Gasteiger partial charge in [0.05, 0.1) is 11.9 Å². The second-order valence-corrected chi connectivity index (χ2v) is 5.14. The Labute approximate surface area is 117 Å². The molecule has 1 aromatic rings. The molecule has 0 aliphatic carbocycles. The zero-order valence-corrected chi connectivity index (χ0v) is 12.7. The van der Waals surface area contributed by atoms with E-state index >= 15 is 0 Å². The molecule has 0 aliphatic heterocycles. The Kier molecular flexibility index (Phi) is 6.64. The molecular weight excluding hydrogens is 236 g/mol. The van der Waals surface area contributed by atoms with E-state index in [1.807, 2.05) is 13.0 Å². The predicted molar refractivity (Wildman–Crippen MR) is 83.5 cm³/mol. The molecule has 0 radical (unpaired) electrons. The van der Waals surface area contributed by atoms with Crippen LogP contribution in [0.2, 0.25) is 0 Å². The maximum absolute atomic E-state index is 5.77. The Morgan fingerprint density at radius 2 is 2.05 bits per heavy atom. The lowest BCUT2D eigenvalue weighted by Gasteiger charge is -2.20. The maximum Gasteiger partial charge on any atom is 0.126 e. The Bertz CT molecular complexity index is 374. The van der Waals surface area contributed by atoms with Gasteiger partial charge in [-0.05, 0) is 58.0 Å². The van der Waals surface area contributed by atoms with Crippen LogP contribution in [-0.2, 0) is 0 Å². The molecule has 0 amide bonds. The van der Waals surface area contributed by atoms with Gasteiger partial charge in [0.2, 0.25) is 0 Å². The second-order valence-electron chi connectivity index (χ2n) is 5.14. The second kappa shape index (κ2) is 8.00. The number of rotatable bonds is 8. The van der Waals surface area contributed by atoms with Crippen molar-refractivity contribution in [3.63, 3.8) is 0 Å². The molecule has 0 spiro atoms. The maximum atomic E-state index is 5.77. The number of hydrogen-bond donors (Lipinski definition) is 2. The van der Waals surface area contributed by atoms with Gasteiger partial charge in [0.25, 0.3) is 0 Å². The molecule has 0 saturated carbocycles. The number of nitrogens with two attached hydrogens (primary N) is 1. The van der Waals surface area contributed by atoms with Crippen LogP contribution in [0.15, 0.2) is 12.3 Å². The molecule has 0 saturated heterocycles. The third-order valence-corrected chi connectivity index (χ3v) is 3.55. The molecule has 4 nitrogen and oxygen atoms in total. The van der Waals surface area contributed by atoms with E-state index in [0.717, 1.165) is 36.6 Å². The fourth-order valence-corrected chi connectivity index (χ4v) is 2.13. The lowest BCUT2D eigenvalue weighted by Crippen LogP contribution is -2.25. The number of pyridine rings is 1. The standard InChI is InChI=1S/C15H28N4/c1-5-19(6-2)9-7-8-13(4)18-15-10-12(3)14(16)11-17-15/h10-11,13H,5-9,16H2,1-4H3,(H,17,18). The lowest BCUT2D eigenvalue weighted by atomic mass is 10.1. The van der Waals surface area contributed by atoms with Gasteiger partial charge in [-0.2, -0.15) is 0 Å². The average molecular weight is 264 g/mol. The summed E-state index contributed by atoms with van der Waals surface area (Å²) in [6.45, 7) is 12.1. The molecule has 0 fully saturated rings. The van der Waals surface area contributed by atoms with Crippen molar-refractivity contribution in [1.29, 1.82) is 0 Å². The van der Waals surface area contributed by atoms with Crippen LogP contribution in [-0.4, -0.2) is 35.6 Å². The number of aromatic nitrogens is 1. The van der Waals surface area contributed by atoms with Crippen molar-refractivity contribution in [2.24, 2.45) is 0 Å². The fraction of sp³-hybridized carbons (Fsp3) is 0.667. The Hall–Kier alpha value is -1.29. The zero-order chi connectivity index (χ0) is 14.3. The van der Waals surface area contributed by atoms with E-state index in [-0.39, 0.29) is 0 Å². The molecule has 4 heteroatoms. The van der Waals surface area contributed by atoms with Gasteiger partial charge in [-0.15, -0.1) is 0 Å². The van der Waals surface area contributed by atoms with Crippen molar-refractivity contribution in [3.05, 3.63) is 17.8 Å². The molecular formula is C15H28N4. The normalized spacial score (nSPS) is 12.7. The van der Waals surface area contributed by atoms with Crippen molar-refractivity contribution in [3.8, 4) is 0 Å². The summed E-state index contributed by atoms with van der Waals surface area (Å²) in [5.41, 5.74) is 7.59. The van der Waals surface area contributed by atoms with E-state index < -0.39 is 0 Å². The first-order valence-corrected chi connectivity index (χ1v) is 7.27. The quantitative estimate of drug-likeness (QED) is 0.758. The van der Waals surface area contributed by atoms with Crippen LogP contribution in [0.3, 0.4) is 0 Å². The van der Waals surface area contributed by atoms with Crippen molar-refractivity contribution in [2.45, 2.75) is 46.6 Å². The fourth-order valence-electron chi connectivity index (χ4n) is 2.13. The Morgan fingerprint density at radius 3 is 2.63 bits per heavy atom. The molecule has 3 N–H and O–H groups in total. The summed E-state index contributed by atoms with van der Waals surface area (Å²) in [7, 11) is 0. The summed E-state index contributed by atoms with van der Waals surface area (Å²) in [6, 6.07) is 2.45. The van der Waals surface area contributed by atoms with Crippen molar-refractivity contribution < 1.29 is 0 Å². The first kappa shape index (κ1) is 15.8. The Balaban J connectivity index is 2.34. The number of aryl methyl sites for hydroxylation is 1. The van der Waals surface area contributed by atoms with Crippen LogP contribution in [0.4, 0.5) is 11.5 Å². The van der Waals surface area contributed by atoms with Gasteiger partial charge in [-0.1, -0.05) is 13.8 Å². The van der Waals surface area contributed by atoms with Crippen LogP contribution in [0.25, 0.3) is 0 Å². The van der Waals surface area contributed by atoms with E-state index in [9.17, 15) is 0 Å². The first-order chi connectivity index (χ1) is 9.06. The molecule has 0 aromatic carbocycles. The highest BCUT2D eigenvalue weighted by molar-refractivity contribution is 5.51. The Morgan fingerprint density at radius 1 is 1.37 bits per heavy atom. The van der Waals surface area contributed by atoms with Crippen molar-refractivity contribution in [1.82, 2.24) is 9.88 Å². The zero-order valence-electron chi connectivity index (χ0n) is 12.7. The third kappa shape index (κ3) is 5.47. The van der Waals surface area contributed by atoms with Gasteiger partial charge in [-0.3, -0.25) is 0 Å². The highest BCUT2D eigenvalue weighted by Gasteiger charge is 2.05. The van der Waals surface area contributed by atoms with Crippen molar-refractivity contribution in [2.75, 3.05) is 30.7 Å². The third-order valence-electron chi connectivity index (χ3n) is 3.55. The molecule has 1 heterocycles. The van der Waals surface area contributed by atoms with Crippen LogP contribution in [0, 0.1) is 6.92 Å². The topological polar surface area (TPSA) is 54.2 Å². The highest BCUT2D eigenvalue weighted by Crippen LogP contribution is 2.14. The number of nitrogen functional groups attached to an aromatic ring is 1. The summed E-state index contributed by atoms with van der Waals surface area (Å²) in [6.07, 6.45) is 4.09. The van der Waals surface area contributed by atoms with E-state index in [1.165, 1.54) is 13.0 Å². The van der Waals surface area contributed by atoms with Gasteiger partial charge in [0.15, 0.2) is 0 Å². The van der Waals surface area contributed by atoms with Crippen LogP contribution in [0.1, 0.15) is 39.2 Å². The first-order valence-electron chi connectivity index (χ1n) is 7.27. The number of anilines is 2. The average Bonchev–Trinajstić information content (AvgIpc) is 2.39. The van der Waals surface area contributed by atoms with Crippen LogP contribution >= 0.6 is 0 Å². The van der Waals surface area contributed by atoms with Crippen LogP contribution < -0.4 is 11.1 Å². The molecule has 0 bridgehead atoms. The molecule has 0 aliphatic rings. The molecule has 1 rings (SSSR count). The predicted octanol–water partition coefficient (Wildman–Crippen LogP) is 2.89. The van der Waals surface area contributed by atoms with E-state index in [0.29, 0.717) is 6.04 Å². The van der Waals surface area contributed by atoms with E-state index in [4.69, 9.17) is 5.73 Å². The number of nitrogens with zero attached hydrogens (tertiary/aromatic N) is 2. The summed E-state index contributed by atoms with van der Waals surface area (Å²) in [5, 5.41) is 3.43. The van der Waals surface area contributed by atoms with Crippen LogP contribution in [0.5, 0.6) is 0 Å². The molecule has 1 aromatic heterocycles. The van der Waals surface area contributed by atoms with E-state index in [2.05, 4.69) is 36.0 Å². The van der Waals surface area contributed by atoms with Gasteiger partial charge in [0, 0.05) is 6.04 Å². The summed E-state index contributed by atoms with van der Waals surface area (Å²) in [5.74, 6) is 0.919. The summed E-state index contributed by atoms with van der Waals surface area (Å²) >= 11 is 0. The number of nitrogens with one attached hydrogen (secondary N) is 1. The molecule has 19 heavy (non-hydrogen) atoms.